The molecule has 2 nitrogen and oxygen atoms in total. The average molecular weight is 264 g/mol. The minimum atomic E-state index is 0.276. The Hall–Kier alpha value is -0.380. The molecule has 0 atom stereocenters. The quantitative estimate of drug-likeness (QED) is 0.882. The summed E-state index contributed by atoms with van der Waals surface area (Å²) in [6.45, 7) is 8.20. The van der Waals surface area contributed by atoms with E-state index in [0.717, 1.165) is 13.1 Å². The lowest BCUT2D eigenvalue weighted by Crippen LogP contribution is -2.66. The van der Waals surface area contributed by atoms with Crippen molar-refractivity contribution in [1.29, 1.82) is 0 Å². The Morgan fingerprint density at radius 1 is 1.33 bits per heavy atom. The van der Waals surface area contributed by atoms with Gasteiger partial charge in [0.2, 0.25) is 0 Å². The first kappa shape index (κ1) is 12.6. The predicted molar refractivity (Wildman–Crippen MR) is 78.0 cm³/mol. The molecule has 0 unspecified atom stereocenters. The van der Waals surface area contributed by atoms with Gasteiger partial charge in [0.05, 0.1) is 0 Å². The maximum Gasteiger partial charge on any atom is 0.0334 e. The molecule has 2 fully saturated rings. The highest BCUT2D eigenvalue weighted by atomic mass is 32.1. The fraction of sp³-hybridized carbons (Fsp3) is 0.733. The van der Waals surface area contributed by atoms with E-state index in [2.05, 4.69) is 41.6 Å². The Kier molecular flexibility index (Phi) is 3.25. The molecule has 1 N–H and O–H groups in total. The summed E-state index contributed by atoms with van der Waals surface area (Å²) in [6.07, 6.45) is 5.54. The predicted octanol–water partition coefficient (Wildman–Crippen LogP) is 3.24. The third kappa shape index (κ3) is 2.36. The molecule has 3 heteroatoms. The molecule has 1 saturated carbocycles. The Morgan fingerprint density at radius 2 is 2.11 bits per heavy atom. The summed E-state index contributed by atoms with van der Waals surface area (Å²) in [4.78, 5) is 4.19. The summed E-state index contributed by atoms with van der Waals surface area (Å²) in [5.74, 6) is 0. The van der Waals surface area contributed by atoms with E-state index < -0.39 is 0 Å². The number of nitrogens with one attached hydrogen (secondary N) is 1. The molecular formula is C15H24N2S. The van der Waals surface area contributed by atoms with E-state index in [0.29, 0.717) is 5.54 Å². The van der Waals surface area contributed by atoms with Gasteiger partial charge >= 0.3 is 0 Å². The van der Waals surface area contributed by atoms with E-state index in [-0.39, 0.29) is 5.54 Å². The number of thiophene rings is 1. The summed E-state index contributed by atoms with van der Waals surface area (Å²) in [6, 6.07) is 4.44. The zero-order valence-electron chi connectivity index (χ0n) is 11.5. The minimum absolute atomic E-state index is 0.276. The summed E-state index contributed by atoms with van der Waals surface area (Å²) in [7, 11) is 0. The molecule has 1 saturated heterocycles. The van der Waals surface area contributed by atoms with Gasteiger partial charge in [0, 0.05) is 35.6 Å². The highest BCUT2D eigenvalue weighted by Crippen LogP contribution is 2.36. The molecule has 18 heavy (non-hydrogen) atoms. The largest absolute Gasteiger partial charge is 0.308 e. The van der Waals surface area contributed by atoms with Crippen LogP contribution in [0.5, 0.6) is 0 Å². The molecule has 0 aromatic carbocycles. The Labute approximate surface area is 114 Å². The molecule has 0 bridgehead atoms. The van der Waals surface area contributed by atoms with Gasteiger partial charge in [-0.25, -0.2) is 0 Å². The topological polar surface area (TPSA) is 15.3 Å². The molecule has 100 valence electrons. The van der Waals surface area contributed by atoms with Gasteiger partial charge < -0.3 is 5.32 Å². The van der Waals surface area contributed by atoms with E-state index in [1.54, 1.807) is 0 Å². The number of nitrogens with zero attached hydrogens (tertiary/aromatic N) is 1. The zero-order chi connectivity index (χ0) is 12.6. The van der Waals surface area contributed by atoms with Crippen LogP contribution in [0.15, 0.2) is 17.5 Å². The third-order valence-electron chi connectivity index (χ3n) is 4.73. The van der Waals surface area contributed by atoms with Crippen LogP contribution in [0.1, 0.15) is 44.4 Å². The van der Waals surface area contributed by atoms with E-state index >= 15 is 0 Å². The molecule has 1 aliphatic heterocycles. The van der Waals surface area contributed by atoms with Gasteiger partial charge in [0.1, 0.15) is 0 Å². The summed E-state index contributed by atoms with van der Waals surface area (Å²) >= 11 is 1.89. The van der Waals surface area contributed by atoms with Crippen molar-refractivity contribution in [2.24, 2.45) is 0 Å². The van der Waals surface area contributed by atoms with Crippen molar-refractivity contribution in [1.82, 2.24) is 10.2 Å². The van der Waals surface area contributed by atoms with Crippen molar-refractivity contribution >= 4 is 11.3 Å². The first-order chi connectivity index (χ1) is 8.60. The van der Waals surface area contributed by atoms with E-state index in [9.17, 15) is 0 Å². The standard InChI is InChI=1S/C15H24N2S/c1-14(2)11-16-15(7-3-4-8-15)12-17(14)10-13-6-5-9-18-13/h5-6,9,16H,3-4,7-8,10-12H2,1-2H3. The van der Waals surface area contributed by atoms with Crippen molar-refractivity contribution in [2.45, 2.75) is 57.2 Å². The first-order valence-corrected chi connectivity index (χ1v) is 8.00. The number of piperazine rings is 1. The number of hydrogen-bond acceptors (Lipinski definition) is 3. The lowest BCUT2D eigenvalue weighted by Gasteiger charge is -2.51. The molecule has 1 aliphatic carbocycles. The molecule has 2 heterocycles. The Bertz CT molecular complexity index is 391. The van der Waals surface area contributed by atoms with Crippen LogP contribution in [0.25, 0.3) is 0 Å². The van der Waals surface area contributed by atoms with E-state index in [1.165, 1.54) is 37.1 Å². The number of hydrogen-bond donors (Lipinski definition) is 1. The lowest BCUT2D eigenvalue weighted by atomic mass is 9.87. The van der Waals surface area contributed by atoms with Crippen LogP contribution in [0.3, 0.4) is 0 Å². The Morgan fingerprint density at radius 3 is 2.78 bits per heavy atom. The minimum Gasteiger partial charge on any atom is -0.308 e. The second kappa shape index (κ2) is 4.62. The summed E-state index contributed by atoms with van der Waals surface area (Å²) < 4.78 is 0. The fourth-order valence-electron chi connectivity index (χ4n) is 3.40. The maximum atomic E-state index is 3.86. The normalized spacial score (nSPS) is 26.8. The highest BCUT2D eigenvalue weighted by molar-refractivity contribution is 7.09. The molecule has 3 rings (SSSR count). The molecule has 1 spiro atoms. The number of rotatable bonds is 2. The SMILES string of the molecule is CC1(C)CNC2(CCCC2)CN1Cc1cccs1. The molecule has 2 aliphatic rings. The molecular weight excluding hydrogens is 240 g/mol. The van der Waals surface area contributed by atoms with Gasteiger partial charge in [-0.2, -0.15) is 0 Å². The van der Waals surface area contributed by atoms with E-state index in [1.807, 2.05) is 11.3 Å². The average Bonchev–Trinajstić information content (AvgIpc) is 2.97. The second-order valence-corrected chi connectivity index (χ2v) is 7.62. The third-order valence-corrected chi connectivity index (χ3v) is 5.59. The smallest absolute Gasteiger partial charge is 0.0334 e. The maximum absolute atomic E-state index is 3.86. The van der Waals surface area contributed by atoms with Crippen molar-refractivity contribution in [3.05, 3.63) is 22.4 Å². The van der Waals surface area contributed by atoms with Crippen LogP contribution >= 0.6 is 11.3 Å². The van der Waals surface area contributed by atoms with Crippen LogP contribution in [0.4, 0.5) is 0 Å². The second-order valence-electron chi connectivity index (χ2n) is 6.59. The van der Waals surface area contributed by atoms with Crippen molar-refractivity contribution in [2.75, 3.05) is 13.1 Å². The van der Waals surface area contributed by atoms with Gasteiger partial charge in [-0.05, 0) is 38.1 Å². The van der Waals surface area contributed by atoms with Crippen molar-refractivity contribution in [3.63, 3.8) is 0 Å². The zero-order valence-corrected chi connectivity index (χ0v) is 12.4. The van der Waals surface area contributed by atoms with Crippen LogP contribution in [-0.2, 0) is 6.54 Å². The summed E-state index contributed by atoms with van der Waals surface area (Å²) in [5, 5.41) is 6.05. The van der Waals surface area contributed by atoms with Crippen LogP contribution in [0.2, 0.25) is 0 Å². The monoisotopic (exact) mass is 264 g/mol. The van der Waals surface area contributed by atoms with Crippen LogP contribution in [-0.4, -0.2) is 29.1 Å². The van der Waals surface area contributed by atoms with Gasteiger partial charge in [-0.1, -0.05) is 18.9 Å². The van der Waals surface area contributed by atoms with Crippen molar-refractivity contribution in [3.8, 4) is 0 Å². The van der Waals surface area contributed by atoms with Gasteiger partial charge in [-0.15, -0.1) is 11.3 Å². The fourth-order valence-corrected chi connectivity index (χ4v) is 4.12. The molecule has 1 aromatic rings. The summed E-state index contributed by atoms with van der Waals surface area (Å²) in [5.41, 5.74) is 0.699. The molecule has 0 radical (unpaired) electrons. The lowest BCUT2D eigenvalue weighted by molar-refractivity contribution is 0.0225. The van der Waals surface area contributed by atoms with Crippen molar-refractivity contribution < 1.29 is 0 Å². The highest BCUT2D eigenvalue weighted by Gasteiger charge is 2.43. The molecule has 0 amide bonds. The first-order valence-electron chi connectivity index (χ1n) is 7.12. The Balaban J connectivity index is 1.76. The van der Waals surface area contributed by atoms with Gasteiger partial charge in [0.25, 0.3) is 0 Å². The van der Waals surface area contributed by atoms with E-state index in [4.69, 9.17) is 0 Å². The molecule has 1 aromatic heterocycles. The van der Waals surface area contributed by atoms with Crippen LogP contribution in [0, 0.1) is 0 Å². The van der Waals surface area contributed by atoms with Gasteiger partial charge in [0.15, 0.2) is 0 Å². The van der Waals surface area contributed by atoms with Gasteiger partial charge in [-0.3, -0.25) is 4.90 Å². The van der Waals surface area contributed by atoms with Crippen LogP contribution < -0.4 is 5.32 Å².